The highest BCUT2D eigenvalue weighted by molar-refractivity contribution is 6.01. The van der Waals surface area contributed by atoms with Gasteiger partial charge in [-0.1, -0.05) is 18.2 Å². The Balaban J connectivity index is 1.78. The molecule has 1 saturated heterocycles. The molecule has 1 amide bonds. The zero-order chi connectivity index (χ0) is 12.5. The first-order valence-electron chi connectivity index (χ1n) is 6.55. The van der Waals surface area contributed by atoms with Crippen LogP contribution in [0.2, 0.25) is 0 Å². The van der Waals surface area contributed by atoms with Gasteiger partial charge in [0.05, 0.1) is 6.42 Å². The molecule has 4 heteroatoms. The van der Waals surface area contributed by atoms with Crippen molar-refractivity contribution in [2.45, 2.75) is 12.5 Å². The Hall–Kier alpha value is -1.39. The maximum atomic E-state index is 12.1. The zero-order valence-electron chi connectivity index (χ0n) is 10.7. The second kappa shape index (κ2) is 4.71. The number of para-hydroxylation sites is 1. The number of benzene rings is 1. The lowest BCUT2D eigenvalue weighted by atomic mass is 10.1. The Morgan fingerprint density at radius 3 is 3.06 bits per heavy atom. The smallest absolute Gasteiger partial charge is 0.231 e. The van der Waals surface area contributed by atoms with Gasteiger partial charge in [0.1, 0.15) is 0 Å². The van der Waals surface area contributed by atoms with Crippen LogP contribution in [0.1, 0.15) is 5.56 Å². The highest BCUT2D eigenvalue weighted by Gasteiger charge is 2.30. The first-order chi connectivity index (χ1) is 8.75. The molecule has 0 saturated carbocycles. The lowest BCUT2D eigenvalue weighted by Gasteiger charge is -2.35. The summed E-state index contributed by atoms with van der Waals surface area (Å²) in [6.45, 7) is 3.84. The van der Waals surface area contributed by atoms with Gasteiger partial charge < -0.3 is 10.2 Å². The first-order valence-corrected chi connectivity index (χ1v) is 6.55. The van der Waals surface area contributed by atoms with Crippen molar-refractivity contribution in [3.8, 4) is 0 Å². The number of fused-ring (bicyclic) bond motifs is 1. The molecule has 1 fully saturated rings. The molecule has 1 aromatic rings. The molecule has 1 unspecified atom stereocenters. The minimum Gasteiger partial charge on any atom is -0.314 e. The van der Waals surface area contributed by atoms with Crippen molar-refractivity contribution in [1.82, 2.24) is 10.2 Å². The Morgan fingerprint density at radius 1 is 1.39 bits per heavy atom. The van der Waals surface area contributed by atoms with E-state index in [0.717, 1.165) is 37.4 Å². The van der Waals surface area contributed by atoms with E-state index < -0.39 is 0 Å². The average molecular weight is 245 g/mol. The van der Waals surface area contributed by atoms with E-state index in [2.05, 4.69) is 29.4 Å². The van der Waals surface area contributed by atoms with E-state index in [0.29, 0.717) is 12.5 Å². The lowest BCUT2D eigenvalue weighted by molar-refractivity contribution is -0.117. The third kappa shape index (κ3) is 2.02. The molecule has 0 aliphatic carbocycles. The van der Waals surface area contributed by atoms with Gasteiger partial charge in [0, 0.05) is 37.9 Å². The number of nitrogens with one attached hydrogen (secondary N) is 1. The van der Waals surface area contributed by atoms with Gasteiger partial charge in [-0.05, 0) is 18.7 Å². The zero-order valence-corrected chi connectivity index (χ0v) is 10.7. The number of likely N-dealkylation sites (N-methyl/N-ethyl adjacent to an activating group) is 1. The number of hydrogen-bond donors (Lipinski definition) is 1. The van der Waals surface area contributed by atoms with E-state index in [1.165, 1.54) is 0 Å². The molecule has 4 nitrogen and oxygen atoms in total. The van der Waals surface area contributed by atoms with Crippen molar-refractivity contribution in [2.75, 3.05) is 38.1 Å². The van der Waals surface area contributed by atoms with Crippen molar-refractivity contribution >= 4 is 11.6 Å². The number of carbonyl (C=O) groups is 1. The third-order valence-corrected chi connectivity index (χ3v) is 3.96. The molecule has 1 atom stereocenters. The van der Waals surface area contributed by atoms with Crippen molar-refractivity contribution in [3.05, 3.63) is 29.8 Å². The maximum absolute atomic E-state index is 12.1. The van der Waals surface area contributed by atoms with Crippen molar-refractivity contribution in [2.24, 2.45) is 0 Å². The van der Waals surface area contributed by atoms with Gasteiger partial charge in [-0.3, -0.25) is 9.69 Å². The van der Waals surface area contributed by atoms with Gasteiger partial charge in [0.15, 0.2) is 0 Å². The largest absolute Gasteiger partial charge is 0.314 e. The van der Waals surface area contributed by atoms with Crippen LogP contribution in [0.4, 0.5) is 5.69 Å². The van der Waals surface area contributed by atoms with Crippen LogP contribution in [-0.2, 0) is 11.2 Å². The van der Waals surface area contributed by atoms with Crippen LogP contribution in [0.5, 0.6) is 0 Å². The van der Waals surface area contributed by atoms with Gasteiger partial charge in [0.25, 0.3) is 0 Å². The van der Waals surface area contributed by atoms with Crippen LogP contribution < -0.4 is 10.2 Å². The summed E-state index contributed by atoms with van der Waals surface area (Å²) in [5.74, 6) is 0.232. The molecule has 3 rings (SSSR count). The van der Waals surface area contributed by atoms with Gasteiger partial charge in [-0.15, -0.1) is 0 Å². The maximum Gasteiger partial charge on any atom is 0.231 e. The molecule has 2 aliphatic heterocycles. The topological polar surface area (TPSA) is 35.6 Å². The standard InChI is InChI=1S/C14H19N3O/c1-16-7-6-15-9-12(16)10-17-13-5-3-2-4-11(13)8-14(17)18/h2-5,12,15H,6-10H2,1H3. The fraction of sp³-hybridized carbons (Fsp3) is 0.500. The van der Waals surface area contributed by atoms with E-state index in [1.54, 1.807) is 0 Å². The normalized spacial score (nSPS) is 24.4. The predicted octanol–water partition coefficient (Wildman–Crippen LogP) is 0.479. The molecular weight excluding hydrogens is 226 g/mol. The summed E-state index contributed by atoms with van der Waals surface area (Å²) >= 11 is 0. The number of amides is 1. The van der Waals surface area contributed by atoms with E-state index in [9.17, 15) is 4.79 Å². The van der Waals surface area contributed by atoms with Crippen LogP contribution in [0.15, 0.2) is 24.3 Å². The number of nitrogens with zero attached hydrogens (tertiary/aromatic N) is 2. The van der Waals surface area contributed by atoms with Crippen LogP contribution in [0.25, 0.3) is 0 Å². The third-order valence-electron chi connectivity index (χ3n) is 3.96. The average Bonchev–Trinajstić information content (AvgIpc) is 2.69. The van der Waals surface area contributed by atoms with E-state index in [1.807, 2.05) is 17.0 Å². The van der Waals surface area contributed by atoms with Crippen molar-refractivity contribution in [1.29, 1.82) is 0 Å². The van der Waals surface area contributed by atoms with Gasteiger partial charge >= 0.3 is 0 Å². The summed E-state index contributed by atoms with van der Waals surface area (Å²) in [6.07, 6.45) is 0.556. The second-order valence-corrected chi connectivity index (χ2v) is 5.15. The molecular formula is C14H19N3O. The predicted molar refractivity (Wildman–Crippen MR) is 71.8 cm³/mol. The molecule has 96 valence electrons. The monoisotopic (exact) mass is 245 g/mol. The molecule has 2 aliphatic rings. The number of hydrogen-bond acceptors (Lipinski definition) is 3. The summed E-state index contributed by atoms with van der Waals surface area (Å²) in [4.78, 5) is 16.4. The molecule has 1 aromatic carbocycles. The first kappa shape index (κ1) is 11.7. The van der Waals surface area contributed by atoms with Crippen molar-refractivity contribution in [3.63, 3.8) is 0 Å². The SMILES string of the molecule is CN1CCNCC1CN1C(=O)Cc2ccccc21. The van der Waals surface area contributed by atoms with Crippen LogP contribution >= 0.6 is 0 Å². The summed E-state index contributed by atoms with van der Waals surface area (Å²) in [6, 6.07) is 8.53. The minimum atomic E-state index is 0.232. The second-order valence-electron chi connectivity index (χ2n) is 5.15. The highest BCUT2D eigenvalue weighted by Crippen LogP contribution is 2.28. The molecule has 2 heterocycles. The van der Waals surface area contributed by atoms with Crippen LogP contribution in [0.3, 0.4) is 0 Å². The fourth-order valence-corrected chi connectivity index (χ4v) is 2.79. The molecule has 0 radical (unpaired) electrons. The summed E-state index contributed by atoms with van der Waals surface area (Å²) in [5.41, 5.74) is 2.26. The summed E-state index contributed by atoms with van der Waals surface area (Å²) < 4.78 is 0. The van der Waals surface area contributed by atoms with Crippen molar-refractivity contribution < 1.29 is 4.79 Å². The van der Waals surface area contributed by atoms with E-state index in [-0.39, 0.29) is 5.91 Å². The van der Waals surface area contributed by atoms with Crippen LogP contribution in [0, 0.1) is 0 Å². The number of rotatable bonds is 2. The molecule has 0 spiro atoms. The minimum absolute atomic E-state index is 0.232. The Kier molecular flexibility index (Phi) is 3.06. The molecule has 0 aromatic heterocycles. The summed E-state index contributed by atoms with van der Waals surface area (Å²) in [5, 5.41) is 3.40. The lowest BCUT2D eigenvalue weighted by Crippen LogP contribution is -2.54. The number of carbonyl (C=O) groups excluding carboxylic acids is 1. The highest BCUT2D eigenvalue weighted by atomic mass is 16.2. The summed E-state index contributed by atoms with van der Waals surface area (Å²) in [7, 11) is 2.14. The Morgan fingerprint density at radius 2 is 2.22 bits per heavy atom. The molecule has 18 heavy (non-hydrogen) atoms. The Bertz CT molecular complexity index is 460. The number of piperazine rings is 1. The van der Waals surface area contributed by atoms with Gasteiger partial charge in [-0.25, -0.2) is 0 Å². The molecule has 1 N–H and O–H groups in total. The van der Waals surface area contributed by atoms with Gasteiger partial charge in [-0.2, -0.15) is 0 Å². The quantitative estimate of drug-likeness (QED) is 0.823. The fourth-order valence-electron chi connectivity index (χ4n) is 2.79. The number of anilines is 1. The Labute approximate surface area is 108 Å². The van der Waals surface area contributed by atoms with E-state index >= 15 is 0 Å². The van der Waals surface area contributed by atoms with E-state index in [4.69, 9.17) is 0 Å². The van der Waals surface area contributed by atoms with Gasteiger partial charge in [0.2, 0.25) is 5.91 Å². The molecule has 0 bridgehead atoms. The van der Waals surface area contributed by atoms with Crippen LogP contribution in [-0.4, -0.2) is 50.1 Å².